The molecule has 0 saturated carbocycles. The fourth-order valence-electron chi connectivity index (χ4n) is 1.89. The van der Waals surface area contributed by atoms with Gasteiger partial charge in [-0.15, -0.1) is 0 Å². The van der Waals surface area contributed by atoms with Crippen LogP contribution in [0.1, 0.15) is 13.3 Å². The molecule has 2 aromatic carbocycles. The number of methoxy groups -OCH3 is 1. The smallest absolute Gasteiger partial charge is 0.144 e. The monoisotopic (exact) mass is 306 g/mol. The lowest BCUT2D eigenvalue weighted by molar-refractivity contribution is 0.319. The van der Waals surface area contributed by atoms with Crippen LogP contribution in [0.2, 0.25) is 5.02 Å². The molecule has 0 unspecified atom stereocenters. The molecule has 0 aliphatic carbocycles. The van der Waals surface area contributed by atoms with Crippen LogP contribution in [-0.4, -0.2) is 13.7 Å². The third kappa shape index (κ3) is 3.73. The Balaban J connectivity index is 2.21. The largest absolute Gasteiger partial charge is 0.495 e. The molecule has 2 aromatic rings. The molecule has 0 bridgehead atoms. The Hall–Kier alpha value is -2.07. The normalized spacial score (nSPS) is 10.2. The van der Waals surface area contributed by atoms with E-state index in [9.17, 15) is 0 Å². The van der Waals surface area contributed by atoms with Crippen LogP contribution in [0, 0.1) is 0 Å². The van der Waals surface area contributed by atoms with E-state index in [1.165, 1.54) is 0 Å². The number of anilines is 3. The van der Waals surface area contributed by atoms with Crippen molar-refractivity contribution in [1.29, 1.82) is 0 Å². The number of benzene rings is 2. The van der Waals surface area contributed by atoms with Gasteiger partial charge in [0.25, 0.3) is 0 Å². The van der Waals surface area contributed by atoms with Gasteiger partial charge in [-0.1, -0.05) is 24.6 Å². The lowest BCUT2D eigenvalue weighted by Gasteiger charge is -2.14. The lowest BCUT2D eigenvalue weighted by atomic mass is 10.2. The summed E-state index contributed by atoms with van der Waals surface area (Å²) in [6.45, 7) is 2.69. The Morgan fingerprint density at radius 2 is 2.00 bits per heavy atom. The Kier molecular flexibility index (Phi) is 5.17. The summed E-state index contributed by atoms with van der Waals surface area (Å²) in [5.74, 6) is 1.32. The quantitative estimate of drug-likeness (QED) is 0.773. The molecule has 0 saturated heterocycles. The van der Waals surface area contributed by atoms with Gasteiger partial charge in [0.2, 0.25) is 0 Å². The number of halogens is 1. The highest BCUT2D eigenvalue weighted by atomic mass is 35.5. The second-order valence-corrected chi connectivity index (χ2v) is 4.95. The van der Waals surface area contributed by atoms with E-state index >= 15 is 0 Å². The molecule has 0 heterocycles. The van der Waals surface area contributed by atoms with Crippen LogP contribution >= 0.6 is 11.6 Å². The summed E-state index contributed by atoms with van der Waals surface area (Å²) < 4.78 is 10.7. The van der Waals surface area contributed by atoms with Crippen LogP contribution in [-0.2, 0) is 0 Å². The van der Waals surface area contributed by atoms with Gasteiger partial charge in [-0.05, 0) is 36.8 Å². The van der Waals surface area contributed by atoms with E-state index in [1.54, 1.807) is 19.2 Å². The molecule has 21 heavy (non-hydrogen) atoms. The average molecular weight is 307 g/mol. The Morgan fingerprint density at radius 3 is 2.67 bits per heavy atom. The molecule has 0 aromatic heterocycles. The van der Waals surface area contributed by atoms with Crippen molar-refractivity contribution in [2.45, 2.75) is 13.3 Å². The van der Waals surface area contributed by atoms with Crippen molar-refractivity contribution in [3.05, 3.63) is 41.4 Å². The van der Waals surface area contributed by atoms with Gasteiger partial charge in [-0.3, -0.25) is 0 Å². The molecule has 0 fully saturated rings. The molecule has 2 rings (SSSR count). The third-order valence-corrected chi connectivity index (χ3v) is 3.25. The van der Waals surface area contributed by atoms with Crippen LogP contribution in [0.15, 0.2) is 36.4 Å². The van der Waals surface area contributed by atoms with E-state index in [1.807, 2.05) is 24.3 Å². The van der Waals surface area contributed by atoms with Crippen molar-refractivity contribution in [3.63, 3.8) is 0 Å². The molecule has 5 heteroatoms. The maximum atomic E-state index is 6.12. The third-order valence-electron chi connectivity index (χ3n) is 2.96. The van der Waals surface area contributed by atoms with Crippen LogP contribution in [0.3, 0.4) is 0 Å². The number of nitrogens with one attached hydrogen (secondary N) is 1. The van der Waals surface area contributed by atoms with E-state index in [4.69, 9.17) is 26.8 Å². The van der Waals surface area contributed by atoms with E-state index in [2.05, 4.69) is 12.2 Å². The molecule has 0 amide bonds. The number of para-hydroxylation sites is 1. The highest BCUT2D eigenvalue weighted by Crippen LogP contribution is 2.34. The average Bonchev–Trinajstić information content (AvgIpc) is 2.48. The molecule has 0 spiro atoms. The van der Waals surface area contributed by atoms with Gasteiger partial charge < -0.3 is 20.5 Å². The highest BCUT2D eigenvalue weighted by molar-refractivity contribution is 6.32. The Morgan fingerprint density at radius 1 is 1.19 bits per heavy atom. The van der Waals surface area contributed by atoms with Crippen molar-refractivity contribution in [2.24, 2.45) is 0 Å². The second kappa shape index (κ2) is 7.09. The van der Waals surface area contributed by atoms with Gasteiger partial charge in [-0.2, -0.15) is 0 Å². The minimum absolute atomic E-state index is 0.541. The standard InChI is InChI=1S/C16H19ClN2O2/c1-3-9-21-15-6-4-5-13(16(15)18)19-11-7-8-14(20-2)12(17)10-11/h4-8,10,19H,3,9,18H2,1-2H3. The first-order valence-corrected chi connectivity index (χ1v) is 7.15. The summed E-state index contributed by atoms with van der Waals surface area (Å²) >= 11 is 6.11. The zero-order valence-electron chi connectivity index (χ0n) is 12.2. The van der Waals surface area contributed by atoms with Crippen molar-refractivity contribution >= 4 is 28.7 Å². The summed E-state index contributed by atoms with van der Waals surface area (Å²) in [5.41, 5.74) is 8.32. The fourth-order valence-corrected chi connectivity index (χ4v) is 2.15. The van der Waals surface area contributed by atoms with E-state index < -0.39 is 0 Å². The predicted octanol–water partition coefficient (Wildman–Crippen LogP) is 4.46. The van der Waals surface area contributed by atoms with Gasteiger partial charge in [0, 0.05) is 5.69 Å². The molecule has 112 valence electrons. The number of hydrogen-bond acceptors (Lipinski definition) is 4. The summed E-state index contributed by atoms with van der Waals surface area (Å²) in [5, 5.41) is 3.78. The number of nitrogen functional groups attached to an aromatic ring is 1. The van der Waals surface area contributed by atoms with Gasteiger partial charge in [0.1, 0.15) is 11.5 Å². The molecule has 4 nitrogen and oxygen atoms in total. The first kappa shape index (κ1) is 15.3. The number of rotatable bonds is 6. The summed E-state index contributed by atoms with van der Waals surface area (Å²) in [7, 11) is 1.58. The first-order chi connectivity index (χ1) is 10.2. The van der Waals surface area contributed by atoms with Crippen LogP contribution in [0.25, 0.3) is 0 Å². The summed E-state index contributed by atoms with van der Waals surface area (Å²) in [6.07, 6.45) is 0.936. The number of hydrogen-bond donors (Lipinski definition) is 2. The number of nitrogens with two attached hydrogens (primary N) is 1. The van der Waals surface area contributed by atoms with Crippen molar-refractivity contribution < 1.29 is 9.47 Å². The zero-order chi connectivity index (χ0) is 15.2. The van der Waals surface area contributed by atoms with Crippen LogP contribution in [0.4, 0.5) is 17.1 Å². The van der Waals surface area contributed by atoms with Crippen LogP contribution < -0.4 is 20.5 Å². The van der Waals surface area contributed by atoms with Crippen molar-refractivity contribution in [2.75, 3.05) is 24.8 Å². The Bertz CT molecular complexity index is 617. The minimum Gasteiger partial charge on any atom is -0.495 e. The van der Waals surface area contributed by atoms with Crippen LogP contribution in [0.5, 0.6) is 11.5 Å². The fraction of sp³-hybridized carbons (Fsp3) is 0.250. The predicted molar refractivity (Wildman–Crippen MR) is 87.9 cm³/mol. The molecule has 0 aliphatic heterocycles. The van der Waals surface area contributed by atoms with E-state index in [0.29, 0.717) is 28.8 Å². The molecular weight excluding hydrogens is 288 g/mol. The first-order valence-electron chi connectivity index (χ1n) is 6.77. The molecule has 0 radical (unpaired) electrons. The lowest BCUT2D eigenvalue weighted by Crippen LogP contribution is -2.02. The molecule has 3 N–H and O–H groups in total. The summed E-state index contributed by atoms with van der Waals surface area (Å²) in [6, 6.07) is 11.1. The molecular formula is C16H19ClN2O2. The van der Waals surface area contributed by atoms with Crippen molar-refractivity contribution in [3.8, 4) is 11.5 Å². The summed E-state index contributed by atoms with van der Waals surface area (Å²) in [4.78, 5) is 0. The van der Waals surface area contributed by atoms with Gasteiger partial charge in [0.05, 0.1) is 30.1 Å². The topological polar surface area (TPSA) is 56.5 Å². The van der Waals surface area contributed by atoms with E-state index in [-0.39, 0.29) is 0 Å². The Labute approximate surface area is 129 Å². The second-order valence-electron chi connectivity index (χ2n) is 4.54. The SMILES string of the molecule is CCCOc1cccc(Nc2ccc(OC)c(Cl)c2)c1N. The van der Waals surface area contributed by atoms with Gasteiger partial charge in [0.15, 0.2) is 0 Å². The van der Waals surface area contributed by atoms with Crippen molar-refractivity contribution in [1.82, 2.24) is 0 Å². The van der Waals surface area contributed by atoms with Gasteiger partial charge >= 0.3 is 0 Å². The maximum Gasteiger partial charge on any atom is 0.144 e. The minimum atomic E-state index is 0.541. The zero-order valence-corrected chi connectivity index (χ0v) is 12.9. The molecule has 0 atom stereocenters. The highest BCUT2D eigenvalue weighted by Gasteiger charge is 2.07. The molecule has 0 aliphatic rings. The number of ether oxygens (including phenoxy) is 2. The maximum absolute atomic E-state index is 6.12. The van der Waals surface area contributed by atoms with E-state index in [0.717, 1.165) is 17.8 Å². The van der Waals surface area contributed by atoms with Gasteiger partial charge in [-0.25, -0.2) is 0 Å².